The number of hydrogen-bond donors (Lipinski definition) is 2. The Morgan fingerprint density at radius 3 is 2.08 bits per heavy atom. The predicted molar refractivity (Wildman–Crippen MR) is 209 cm³/mol. The van der Waals surface area contributed by atoms with Crippen LogP contribution in [0.5, 0.6) is 5.75 Å². The number of pyridine rings is 1. The number of amidine groups is 1. The van der Waals surface area contributed by atoms with Gasteiger partial charge in [0.25, 0.3) is 0 Å². The Morgan fingerprint density at radius 2 is 1.50 bits per heavy atom. The van der Waals surface area contributed by atoms with Crippen LogP contribution in [0.1, 0.15) is 76.8 Å². The lowest BCUT2D eigenvalue weighted by Crippen LogP contribution is -2.59. The van der Waals surface area contributed by atoms with Crippen LogP contribution in [-0.4, -0.2) is 58.4 Å². The number of urea groups is 2. The number of carbonyl (C=O) groups excluding carboxylic acids is 2. The van der Waals surface area contributed by atoms with E-state index in [2.05, 4.69) is 45.3 Å². The van der Waals surface area contributed by atoms with Crippen molar-refractivity contribution >= 4 is 46.8 Å². The molecule has 52 heavy (non-hydrogen) atoms. The van der Waals surface area contributed by atoms with E-state index in [1.165, 1.54) is 0 Å². The summed E-state index contributed by atoms with van der Waals surface area (Å²) >= 11 is 12.8. The van der Waals surface area contributed by atoms with Gasteiger partial charge in [-0.2, -0.15) is 0 Å². The third-order valence-electron chi connectivity index (χ3n) is 10.2. The van der Waals surface area contributed by atoms with E-state index in [9.17, 15) is 4.79 Å². The van der Waals surface area contributed by atoms with E-state index >= 15 is 4.79 Å². The maximum absolute atomic E-state index is 15.2. The number of aliphatic imine (C=N–C) groups is 1. The van der Waals surface area contributed by atoms with Crippen molar-refractivity contribution in [1.82, 2.24) is 20.1 Å². The van der Waals surface area contributed by atoms with Gasteiger partial charge < -0.3 is 20.3 Å². The Morgan fingerprint density at radius 1 is 0.904 bits per heavy atom. The molecule has 4 amide bonds. The highest BCUT2D eigenvalue weighted by Gasteiger charge is 2.60. The number of aromatic nitrogens is 1. The number of rotatable bonds is 7. The molecule has 0 unspecified atom stereocenters. The molecule has 0 bridgehead atoms. The normalized spacial score (nSPS) is 20.7. The molecule has 4 aromatic rings. The van der Waals surface area contributed by atoms with Crippen LogP contribution < -0.4 is 15.4 Å². The second-order valence-corrected chi connectivity index (χ2v) is 15.6. The molecule has 1 aromatic heterocycles. The van der Waals surface area contributed by atoms with Gasteiger partial charge in [0.15, 0.2) is 0 Å². The predicted octanol–water partition coefficient (Wildman–Crippen LogP) is 9.38. The summed E-state index contributed by atoms with van der Waals surface area (Å²) in [6.07, 6.45) is 2.96. The van der Waals surface area contributed by atoms with Gasteiger partial charge >= 0.3 is 12.1 Å². The van der Waals surface area contributed by atoms with Crippen molar-refractivity contribution in [2.24, 2.45) is 4.99 Å². The number of halogens is 2. The summed E-state index contributed by atoms with van der Waals surface area (Å²) in [5.41, 5.74) is 1.67. The van der Waals surface area contributed by atoms with Crippen LogP contribution in [0.25, 0.3) is 0 Å². The summed E-state index contributed by atoms with van der Waals surface area (Å²) < 4.78 is 6.28. The van der Waals surface area contributed by atoms with Crippen molar-refractivity contribution in [2.75, 3.05) is 25.0 Å². The standard InChI is InChI=1S/C41H46Cl2N6O3/c1-7-52-34-25-35(39(2,3)4)44-26-33(34)36-47-40(5,27-13-17-29(42)18-14-27)41(6,28-15-19-30(43)20-16-28)49(36)38(51)48-23-21-32(22-24-48)46-37(50)45-31-11-9-8-10-12-31/h8-20,25-26,32H,7,21-24H2,1-6H3,(H2,45,46,50)/t40-,41+/m0/s1. The van der Waals surface area contributed by atoms with E-state index in [0.29, 0.717) is 59.7 Å². The van der Waals surface area contributed by atoms with Crippen molar-refractivity contribution < 1.29 is 14.3 Å². The van der Waals surface area contributed by atoms with Gasteiger partial charge in [-0.05, 0) is 81.1 Å². The fourth-order valence-electron chi connectivity index (χ4n) is 7.09. The fourth-order valence-corrected chi connectivity index (χ4v) is 7.34. The Hall–Kier alpha value is -4.60. The van der Waals surface area contributed by atoms with Gasteiger partial charge in [0, 0.05) is 58.2 Å². The first kappa shape index (κ1) is 37.2. The van der Waals surface area contributed by atoms with Gasteiger partial charge in [0.05, 0.1) is 12.2 Å². The summed E-state index contributed by atoms with van der Waals surface area (Å²) in [7, 11) is 0. The molecule has 2 N–H and O–H groups in total. The van der Waals surface area contributed by atoms with Crippen LogP contribution in [-0.2, 0) is 16.5 Å². The van der Waals surface area contributed by atoms with Gasteiger partial charge in [0.2, 0.25) is 0 Å². The smallest absolute Gasteiger partial charge is 0.326 e. The van der Waals surface area contributed by atoms with Gasteiger partial charge in [-0.3, -0.25) is 14.9 Å². The quantitative estimate of drug-likeness (QED) is 0.197. The first-order valence-electron chi connectivity index (χ1n) is 17.7. The molecule has 11 heteroatoms. The summed E-state index contributed by atoms with van der Waals surface area (Å²) in [5.74, 6) is 1.06. The molecule has 2 aliphatic heterocycles. The molecular formula is C41H46Cl2N6O3. The Bertz CT molecular complexity index is 1940. The zero-order valence-electron chi connectivity index (χ0n) is 30.5. The number of nitrogens with zero attached hydrogens (tertiary/aromatic N) is 4. The Labute approximate surface area is 316 Å². The molecule has 6 rings (SSSR count). The number of piperidine rings is 1. The Kier molecular flexibility index (Phi) is 10.6. The van der Waals surface area contributed by atoms with Gasteiger partial charge in [-0.1, -0.05) is 86.4 Å². The molecule has 3 aromatic carbocycles. The van der Waals surface area contributed by atoms with Crippen molar-refractivity contribution in [2.45, 2.75) is 76.9 Å². The molecule has 1 fully saturated rings. The molecule has 1 saturated heterocycles. The first-order valence-corrected chi connectivity index (χ1v) is 18.5. The largest absolute Gasteiger partial charge is 0.493 e. The van der Waals surface area contributed by atoms with E-state index < -0.39 is 11.1 Å². The fraction of sp³-hybridized carbons (Fsp3) is 0.366. The number of hydrogen-bond acceptors (Lipinski definition) is 5. The Balaban J connectivity index is 1.42. The van der Waals surface area contributed by atoms with Crippen LogP contribution in [0.2, 0.25) is 10.0 Å². The van der Waals surface area contributed by atoms with Crippen molar-refractivity contribution in [3.05, 3.63) is 124 Å². The van der Waals surface area contributed by atoms with E-state index in [1.807, 2.05) is 102 Å². The highest BCUT2D eigenvalue weighted by atomic mass is 35.5. The summed E-state index contributed by atoms with van der Waals surface area (Å²) in [4.78, 5) is 42.1. The van der Waals surface area contributed by atoms with Crippen LogP contribution in [0.3, 0.4) is 0 Å². The molecule has 2 atom stereocenters. The minimum atomic E-state index is -1.05. The molecule has 272 valence electrons. The summed E-state index contributed by atoms with van der Waals surface area (Å²) in [6.45, 7) is 13.7. The van der Waals surface area contributed by atoms with E-state index in [1.54, 1.807) is 6.20 Å². The van der Waals surface area contributed by atoms with Gasteiger partial charge in [0.1, 0.15) is 22.7 Å². The SMILES string of the molecule is CCOc1cc(C(C)(C)C)ncc1C1=N[C@@](C)(c2ccc(Cl)cc2)[C@@](C)(c2ccc(Cl)cc2)N1C(=O)N1CCC(NC(=O)Nc2ccccc2)CC1. The monoisotopic (exact) mass is 740 g/mol. The van der Waals surface area contributed by atoms with Crippen LogP contribution in [0, 0.1) is 0 Å². The van der Waals surface area contributed by atoms with E-state index in [4.69, 9.17) is 37.9 Å². The molecule has 0 radical (unpaired) electrons. The second-order valence-electron chi connectivity index (χ2n) is 14.7. The average Bonchev–Trinajstić information content (AvgIpc) is 3.36. The van der Waals surface area contributed by atoms with Crippen LogP contribution in [0.4, 0.5) is 15.3 Å². The molecule has 3 heterocycles. The number of para-hydroxylation sites is 1. The topological polar surface area (TPSA) is 99.2 Å². The van der Waals surface area contributed by atoms with Crippen LogP contribution >= 0.6 is 23.2 Å². The minimum Gasteiger partial charge on any atom is -0.493 e. The molecular weight excluding hydrogens is 695 g/mol. The number of anilines is 1. The van der Waals surface area contributed by atoms with E-state index in [0.717, 1.165) is 22.5 Å². The molecule has 2 aliphatic rings. The molecule has 0 saturated carbocycles. The van der Waals surface area contributed by atoms with E-state index in [-0.39, 0.29) is 23.5 Å². The number of carbonyl (C=O) groups is 2. The molecule has 0 spiro atoms. The lowest BCUT2D eigenvalue weighted by Gasteiger charge is -2.47. The highest BCUT2D eigenvalue weighted by molar-refractivity contribution is 6.30. The number of benzene rings is 3. The van der Waals surface area contributed by atoms with Crippen molar-refractivity contribution in [3.63, 3.8) is 0 Å². The minimum absolute atomic E-state index is 0.0971. The zero-order valence-corrected chi connectivity index (χ0v) is 32.1. The maximum Gasteiger partial charge on any atom is 0.326 e. The lowest BCUT2D eigenvalue weighted by atomic mass is 9.71. The van der Waals surface area contributed by atoms with Gasteiger partial charge in [-0.15, -0.1) is 0 Å². The first-order chi connectivity index (χ1) is 24.7. The molecule has 9 nitrogen and oxygen atoms in total. The lowest BCUT2D eigenvalue weighted by molar-refractivity contribution is 0.0997. The second kappa shape index (κ2) is 14.8. The third-order valence-corrected chi connectivity index (χ3v) is 10.8. The number of likely N-dealkylation sites (tertiary alicyclic amines) is 1. The van der Waals surface area contributed by atoms with Gasteiger partial charge in [-0.25, -0.2) is 9.59 Å². The highest BCUT2D eigenvalue weighted by Crippen LogP contribution is 2.54. The third kappa shape index (κ3) is 7.21. The average molecular weight is 742 g/mol. The maximum atomic E-state index is 15.2. The van der Waals surface area contributed by atoms with Crippen molar-refractivity contribution in [3.8, 4) is 5.75 Å². The number of ether oxygens (including phenoxy) is 1. The number of amides is 4. The van der Waals surface area contributed by atoms with Crippen LogP contribution in [0.15, 0.2) is 96.1 Å². The summed E-state index contributed by atoms with van der Waals surface area (Å²) in [5, 5.41) is 7.16. The number of nitrogens with one attached hydrogen (secondary N) is 2. The zero-order chi connectivity index (χ0) is 37.3. The van der Waals surface area contributed by atoms with Crippen molar-refractivity contribution in [1.29, 1.82) is 0 Å². The molecule has 0 aliphatic carbocycles. The summed E-state index contributed by atoms with van der Waals surface area (Å²) in [6, 6.07) is 25.9.